The van der Waals surface area contributed by atoms with Gasteiger partial charge >= 0.3 is 0 Å². The molecule has 2 aromatic carbocycles. The molecule has 0 saturated carbocycles. The Morgan fingerprint density at radius 1 is 1.09 bits per heavy atom. The lowest BCUT2D eigenvalue weighted by molar-refractivity contribution is -0.386. The van der Waals surface area contributed by atoms with Crippen LogP contribution in [0.3, 0.4) is 0 Å². The number of anilines is 1. The summed E-state index contributed by atoms with van der Waals surface area (Å²) >= 11 is 6.35. The molecule has 0 amide bonds. The number of halogens is 2. The van der Waals surface area contributed by atoms with E-state index in [2.05, 4.69) is 36.6 Å². The van der Waals surface area contributed by atoms with Crippen LogP contribution < -0.4 is 4.72 Å². The third kappa shape index (κ3) is 3.73. The zero-order chi connectivity index (χ0) is 17.4. The van der Waals surface area contributed by atoms with Gasteiger partial charge in [0.25, 0.3) is 15.7 Å². The topological polar surface area (TPSA) is 89.3 Å². The third-order valence-corrected chi connectivity index (χ3v) is 5.79. The van der Waals surface area contributed by atoms with Crippen molar-refractivity contribution in [2.75, 3.05) is 4.72 Å². The van der Waals surface area contributed by atoms with Crippen molar-refractivity contribution < 1.29 is 13.3 Å². The molecule has 0 aliphatic rings. The smallest absolute Gasteiger partial charge is 0.278 e. The van der Waals surface area contributed by atoms with Crippen molar-refractivity contribution >= 4 is 53.3 Å². The van der Waals surface area contributed by atoms with Crippen LogP contribution in [0.5, 0.6) is 0 Å². The summed E-state index contributed by atoms with van der Waals surface area (Å²) < 4.78 is 28.0. The molecule has 9 heteroatoms. The molecular formula is C14H12Br2N2O4S. The molecule has 0 fully saturated rings. The van der Waals surface area contributed by atoms with E-state index in [0.29, 0.717) is 4.47 Å². The lowest BCUT2D eigenvalue weighted by Crippen LogP contribution is -2.15. The molecule has 2 rings (SSSR count). The molecule has 0 heterocycles. The van der Waals surface area contributed by atoms with Gasteiger partial charge in [0, 0.05) is 4.47 Å². The number of nitrogens with one attached hydrogen (secondary N) is 1. The van der Waals surface area contributed by atoms with Gasteiger partial charge in [0.15, 0.2) is 0 Å². The first-order valence-corrected chi connectivity index (χ1v) is 9.43. The lowest BCUT2D eigenvalue weighted by atomic mass is 10.1. The van der Waals surface area contributed by atoms with E-state index < -0.39 is 14.9 Å². The Kier molecular flexibility index (Phi) is 5.12. The van der Waals surface area contributed by atoms with Crippen molar-refractivity contribution in [1.29, 1.82) is 0 Å². The first-order valence-electron chi connectivity index (χ1n) is 6.36. The molecule has 0 aliphatic carbocycles. The van der Waals surface area contributed by atoms with Crippen molar-refractivity contribution in [1.82, 2.24) is 0 Å². The number of nitro benzene ring substituents is 1. The molecule has 6 nitrogen and oxygen atoms in total. The molecule has 1 N–H and O–H groups in total. The fourth-order valence-corrected chi connectivity index (χ4v) is 4.87. The lowest BCUT2D eigenvalue weighted by Gasteiger charge is -2.13. The zero-order valence-corrected chi connectivity index (χ0v) is 16.1. The Morgan fingerprint density at radius 3 is 2.17 bits per heavy atom. The van der Waals surface area contributed by atoms with E-state index in [1.54, 1.807) is 12.1 Å². The highest BCUT2D eigenvalue weighted by Gasteiger charge is 2.25. The molecule has 0 radical (unpaired) electrons. The van der Waals surface area contributed by atoms with Gasteiger partial charge in [-0.3, -0.25) is 14.8 Å². The van der Waals surface area contributed by atoms with E-state index >= 15 is 0 Å². The highest BCUT2D eigenvalue weighted by molar-refractivity contribution is 9.11. The number of nitro groups is 1. The Morgan fingerprint density at radius 2 is 1.65 bits per heavy atom. The second-order valence-electron chi connectivity index (χ2n) is 4.86. The summed E-state index contributed by atoms with van der Waals surface area (Å²) in [6.07, 6.45) is 0. The van der Waals surface area contributed by atoms with Crippen LogP contribution in [0.15, 0.2) is 44.2 Å². The second-order valence-corrected chi connectivity index (χ2v) is 8.26. The summed E-state index contributed by atoms with van der Waals surface area (Å²) in [6, 6.07) is 7.77. The Hall–Kier alpha value is -1.45. The van der Waals surface area contributed by atoms with Gasteiger partial charge in [-0.05, 0) is 63.9 Å². The van der Waals surface area contributed by atoms with Gasteiger partial charge < -0.3 is 0 Å². The molecule has 0 saturated heterocycles. The maximum Gasteiger partial charge on any atom is 0.288 e. The summed E-state index contributed by atoms with van der Waals surface area (Å²) in [6.45, 7) is 3.34. The monoisotopic (exact) mass is 462 g/mol. The number of nitrogens with zero attached hydrogens (tertiary/aromatic N) is 1. The molecule has 0 atom stereocenters. The average Bonchev–Trinajstić information content (AvgIpc) is 2.43. The van der Waals surface area contributed by atoms with Crippen molar-refractivity contribution in [3.63, 3.8) is 0 Å². The highest BCUT2D eigenvalue weighted by atomic mass is 79.9. The minimum absolute atomic E-state index is 0.0833. The predicted molar refractivity (Wildman–Crippen MR) is 95.2 cm³/mol. The summed E-state index contributed by atoms with van der Waals surface area (Å²) in [5, 5.41) is 11.2. The number of hydrogen-bond acceptors (Lipinski definition) is 4. The van der Waals surface area contributed by atoms with E-state index in [0.717, 1.165) is 5.56 Å². The Bertz CT molecular complexity index is 881. The molecule has 0 spiro atoms. The van der Waals surface area contributed by atoms with Crippen molar-refractivity contribution in [3.8, 4) is 0 Å². The van der Waals surface area contributed by atoms with Gasteiger partial charge in [0.2, 0.25) is 0 Å². The Labute approximate surface area is 150 Å². The quantitative estimate of drug-likeness (QED) is 0.532. The zero-order valence-electron chi connectivity index (χ0n) is 12.1. The number of aryl methyl sites for hydroxylation is 1. The maximum absolute atomic E-state index is 12.5. The van der Waals surface area contributed by atoms with Gasteiger partial charge in [-0.25, -0.2) is 8.42 Å². The van der Waals surface area contributed by atoms with E-state index in [-0.39, 0.29) is 26.3 Å². The van der Waals surface area contributed by atoms with Crippen LogP contribution in [-0.2, 0) is 10.0 Å². The largest absolute Gasteiger partial charge is 0.288 e. The number of hydrogen-bond donors (Lipinski definition) is 1. The highest BCUT2D eigenvalue weighted by Crippen LogP contribution is 2.39. The Balaban J connectivity index is 2.53. The first-order chi connectivity index (χ1) is 10.6. The second kappa shape index (κ2) is 6.58. The summed E-state index contributed by atoms with van der Waals surface area (Å²) in [5.74, 6) is 0. The van der Waals surface area contributed by atoms with Crippen molar-refractivity contribution in [2.45, 2.75) is 18.7 Å². The molecule has 0 aromatic heterocycles. The van der Waals surface area contributed by atoms with Crippen molar-refractivity contribution in [2.24, 2.45) is 0 Å². The molecule has 2 aromatic rings. The average molecular weight is 464 g/mol. The molecule has 0 aliphatic heterocycles. The molecule has 122 valence electrons. The van der Waals surface area contributed by atoms with Gasteiger partial charge in [-0.15, -0.1) is 0 Å². The third-order valence-electron chi connectivity index (χ3n) is 3.20. The molecule has 0 unspecified atom stereocenters. The van der Waals surface area contributed by atoms with Crippen LogP contribution >= 0.6 is 31.9 Å². The van der Waals surface area contributed by atoms with Gasteiger partial charge in [0.05, 0.1) is 25.5 Å². The van der Waals surface area contributed by atoms with Gasteiger partial charge in [-0.2, -0.15) is 0 Å². The molecular weight excluding hydrogens is 452 g/mol. The maximum atomic E-state index is 12.5. The van der Waals surface area contributed by atoms with Crippen LogP contribution in [-0.4, -0.2) is 13.3 Å². The van der Waals surface area contributed by atoms with Gasteiger partial charge in [0.1, 0.15) is 0 Å². The van der Waals surface area contributed by atoms with E-state index in [1.165, 1.54) is 25.1 Å². The normalized spacial score (nSPS) is 11.3. The van der Waals surface area contributed by atoms with Crippen LogP contribution in [0, 0.1) is 24.0 Å². The van der Waals surface area contributed by atoms with Crippen LogP contribution in [0.4, 0.5) is 11.4 Å². The number of sulfonamides is 1. The SMILES string of the molecule is Cc1ccc(S(=O)(=O)Nc2c(Br)cc(Br)c([N+](=O)[O-])c2C)cc1. The fraction of sp³-hybridized carbons (Fsp3) is 0.143. The minimum atomic E-state index is -3.85. The van der Waals surface area contributed by atoms with Crippen LogP contribution in [0.2, 0.25) is 0 Å². The predicted octanol–water partition coefficient (Wildman–Crippen LogP) is 4.54. The summed E-state index contributed by atoms with van der Waals surface area (Å²) in [4.78, 5) is 10.7. The number of rotatable bonds is 4. The first kappa shape index (κ1) is 17.9. The summed E-state index contributed by atoms with van der Waals surface area (Å²) in [5.41, 5.74) is 1.10. The minimum Gasteiger partial charge on any atom is -0.278 e. The fourth-order valence-electron chi connectivity index (χ4n) is 1.99. The van der Waals surface area contributed by atoms with E-state index in [9.17, 15) is 18.5 Å². The molecule has 0 bridgehead atoms. The van der Waals surface area contributed by atoms with E-state index in [4.69, 9.17) is 0 Å². The standard InChI is InChI=1S/C14H12Br2N2O4S/c1-8-3-5-10(6-4-8)23(21,22)17-13-9(2)14(18(19)20)12(16)7-11(13)15/h3-7,17H,1-2H3. The van der Waals surface area contributed by atoms with Gasteiger partial charge in [-0.1, -0.05) is 17.7 Å². The number of benzene rings is 2. The van der Waals surface area contributed by atoms with E-state index in [1.807, 2.05) is 6.92 Å². The van der Waals surface area contributed by atoms with Crippen molar-refractivity contribution in [3.05, 3.63) is 60.5 Å². The summed E-state index contributed by atoms with van der Waals surface area (Å²) in [7, 11) is -3.85. The molecule has 23 heavy (non-hydrogen) atoms. The van der Waals surface area contributed by atoms with Crippen LogP contribution in [0.1, 0.15) is 11.1 Å². The van der Waals surface area contributed by atoms with Crippen LogP contribution in [0.25, 0.3) is 0 Å².